The van der Waals surface area contributed by atoms with Crippen LogP contribution in [0.2, 0.25) is 0 Å². The fourth-order valence-corrected chi connectivity index (χ4v) is 4.25. The lowest BCUT2D eigenvalue weighted by Gasteiger charge is -2.22. The topological polar surface area (TPSA) is 89.3 Å². The van der Waals surface area contributed by atoms with E-state index in [4.69, 9.17) is 5.73 Å². The van der Waals surface area contributed by atoms with Gasteiger partial charge in [0.2, 0.25) is 15.9 Å². The standard InChI is InChI=1S/C20H25FN2O3S/c1-3-12-27(25,26)23-20(2,21)14-16-6-10-18(11-7-16)17-8-4-15(5-9-17)13-19(22)24/h4-11,23H,3,12-14H2,1-2H3,(H2,22,24). The number of carbonyl (C=O) groups excluding carboxylic acids is 1. The van der Waals surface area contributed by atoms with Crippen LogP contribution in [0.4, 0.5) is 4.39 Å². The van der Waals surface area contributed by atoms with Gasteiger partial charge >= 0.3 is 0 Å². The van der Waals surface area contributed by atoms with E-state index in [1.165, 1.54) is 6.92 Å². The smallest absolute Gasteiger partial charge is 0.221 e. The van der Waals surface area contributed by atoms with Gasteiger partial charge in [-0.2, -0.15) is 4.72 Å². The Balaban J connectivity index is 2.07. The van der Waals surface area contributed by atoms with Crippen molar-refractivity contribution >= 4 is 15.9 Å². The van der Waals surface area contributed by atoms with Crippen molar-refractivity contribution in [2.24, 2.45) is 5.73 Å². The summed E-state index contributed by atoms with van der Waals surface area (Å²) in [5, 5.41) is 0. The summed E-state index contributed by atoms with van der Waals surface area (Å²) in [5.41, 5.74) is 8.62. The van der Waals surface area contributed by atoms with Crippen molar-refractivity contribution in [3.8, 4) is 11.1 Å². The van der Waals surface area contributed by atoms with Crippen molar-refractivity contribution in [1.29, 1.82) is 0 Å². The Morgan fingerprint density at radius 1 is 1.04 bits per heavy atom. The van der Waals surface area contributed by atoms with Crippen molar-refractivity contribution in [3.63, 3.8) is 0 Å². The van der Waals surface area contributed by atoms with Gasteiger partial charge in [-0.25, -0.2) is 12.8 Å². The largest absolute Gasteiger partial charge is 0.369 e. The number of nitrogens with two attached hydrogens (primary N) is 1. The number of primary amides is 1. The van der Waals surface area contributed by atoms with E-state index in [1.54, 1.807) is 19.1 Å². The van der Waals surface area contributed by atoms with Gasteiger partial charge in [0.1, 0.15) is 0 Å². The van der Waals surface area contributed by atoms with Crippen LogP contribution in [0.5, 0.6) is 0 Å². The molecule has 2 aromatic rings. The van der Waals surface area contributed by atoms with E-state index in [1.807, 2.05) is 36.4 Å². The Kier molecular flexibility index (Phi) is 6.73. The second-order valence-corrected chi connectivity index (χ2v) is 8.67. The molecule has 0 bridgehead atoms. The van der Waals surface area contributed by atoms with Crippen LogP contribution in [0.15, 0.2) is 48.5 Å². The summed E-state index contributed by atoms with van der Waals surface area (Å²) >= 11 is 0. The molecule has 0 aliphatic heterocycles. The maximum atomic E-state index is 14.6. The number of hydrogen-bond donors (Lipinski definition) is 2. The average Bonchev–Trinajstić information content (AvgIpc) is 2.54. The highest BCUT2D eigenvalue weighted by molar-refractivity contribution is 7.89. The zero-order chi connectivity index (χ0) is 20.1. The minimum absolute atomic E-state index is 0.0617. The van der Waals surface area contributed by atoms with E-state index in [9.17, 15) is 17.6 Å². The van der Waals surface area contributed by atoms with Gasteiger partial charge in [0.25, 0.3) is 0 Å². The molecule has 0 aliphatic rings. The second-order valence-electron chi connectivity index (χ2n) is 6.83. The predicted molar refractivity (Wildman–Crippen MR) is 105 cm³/mol. The molecule has 0 radical (unpaired) electrons. The summed E-state index contributed by atoms with van der Waals surface area (Å²) in [7, 11) is -3.63. The first-order chi connectivity index (χ1) is 12.6. The van der Waals surface area contributed by atoms with E-state index in [0.717, 1.165) is 16.7 Å². The van der Waals surface area contributed by atoms with Crippen molar-refractivity contribution in [2.75, 3.05) is 5.75 Å². The molecule has 0 aromatic heterocycles. The van der Waals surface area contributed by atoms with Crippen LogP contribution in [0, 0.1) is 0 Å². The third-order valence-electron chi connectivity index (χ3n) is 4.00. The van der Waals surface area contributed by atoms with Crippen LogP contribution in [0.3, 0.4) is 0 Å². The molecular formula is C20H25FN2O3S. The van der Waals surface area contributed by atoms with Gasteiger partial charge in [-0.1, -0.05) is 55.5 Å². The quantitative estimate of drug-likeness (QED) is 0.643. The minimum Gasteiger partial charge on any atom is -0.369 e. The highest BCUT2D eigenvalue weighted by atomic mass is 32.2. The number of benzene rings is 2. The molecule has 0 fully saturated rings. The van der Waals surface area contributed by atoms with E-state index >= 15 is 0 Å². The van der Waals surface area contributed by atoms with Crippen molar-refractivity contribution in [2.45, 2.75) is 38.9 Å². The third kappa shape index (κ3) is 6.77. The van der Waals surface area contributed by atoms with E-state index in [-0.39, 0.29) is 24.5 Å². The number of carbonyl (C=O) groups is 1. The van der Waals surface area contributed by atoms with Gasteiger partial charge in [-0.15, -0.1) is 0 Å². The van der Waals surface area contributed by atoms with Crippen LogP contribution in [-0.2, 0) is 27.7 Å². The molecule has 146 valence electrons. The van der Waals surface area contributed by atoms with Gasteiger partial charge in [-0.3, -0.25) is 4.79 Å². The molecule has 0 saturated heterocycles. The maximum absolute atomic E-state index is 14.6. The van der Waals surface area contributed by atoms with Gasteiger partial charge in [-0.05, 0) is 35.6 Å². The Labute approximate surface area is 159 Å². The number of amides is 1. The zero-order valence-corrected chi connectivity index (χ0v) is 16.4. The first-order valence-electron chi connectivity index (χ1n) is 8.77. The van der Waals surface area contributed by atoms with Crippen molar-refractivity contribution in [3.05, 3.63) is 59.7 Å². The van der Waals surface area contributed by atoms with E-state index in [0.29, 0.717) is 12.0 Å². The Bertz CT molecular complexity index is 876. The SMILES string of the molecule is CCCS(=O)(=O)NC(C)(F)Cc1ccc(-c2ccc(CC(N)=O)cc2)cc1. The van der Waals surface area contributed by atoms with Crippen molar-refractivity contribution in [1.82, 2.24) is 4.72 Å². The molecule has 1 unspecified atom stereocenters. The molecule has 27 heavy (non-hydrogen) atoms. The summed E-state index contributed by atoms with van der Waals surface area (Å²) in [5.74, 6) is -2.53. The number of alkyl halides is 1. The van der Waals surface area contributed by atoms with Crippen LogP contribution in [0.1, 0.15) is 31.4 Å². The van der Waals surface area contributed by atoms with E-state index < -0.39 is 15.8 Å². The molecule has 3 N–H and O–H groups in total. The summed E-state index contributed by atoms with van der Waals surface area (Å²) in [4.78, 5) is 10.9. The van der Waals surface area contributed by atoms with Crippen LogP contribution in [0.25, 0.3) is 11.1 Å². The van der Waals surface area contributed by atoms with Crippen LogP contribution < -0.4 is 10.5 Å². The summed E-state index contributed by atoms with van der Waals surface area (Å²) in [6.07, 6.45) is 0.564. The second kappa shape index (κ2) is 8.63. The Morgan fingerprint density at radius 2 is 1.52 bits per heavy atom. The van der Waals surface area contributed by atoms with Gasteiger partial charge in [0.05, 0.1) is 12.2 Å². The van der Waals surface area contributed by atoms with Crippen molar-refractivity contribution < 1.29 is 17.6 Å². The summed E-state index contributed by atoms with van der Waals surface area (Å²) in [6.45, 7) is 2.96. The molecule has 0 aliphatic carbocycles. The first kappa shape index (κ1) is 21.1. The molecule has 7 heteroatoms. The number of halogens is 1. The Morgan fingerprint density at radius 3 is 1.96 bits per heavy atom. The minimum atomic E-state index is -3.63. The lowest BCUT2D eigenvalue weighted by Crippen LogP contribution is -2.44. The average molecular weight is 392 g/mol. The Hall–Kier alpha value is -2.25. The maximum Gasteiger partial charge on any atom is 0.221 e. The molecule has 2 rings (SSSR count). The number of hydrogen-bond acceptors (Lipinski definition) is 3. The third-order valence-corrected chi connectivity index (χ3v) is 5.68. The summed E-state index contributed by atoms with van der Waals surface area (Å²) in [6, 6.07) is 14.7. The lowest BCUT2D eigenvalue weighted by atomic mass is 9.99. The van der Waals surface area contributed by atoms with Crippen LogP contribution >= 0.6 is 0 Å². The molecule has 5 nitrogen and oxygen atoms in total. The normalized spacial score (nSPS) is 13.9. The first-order valence-corrected chi connectivity index (χ1v) is 10.4. The number of rotatable bonds is 9. The number of sulfonamides is 1. The monoisotopic (exact) mass is 392 g/mol. The molecule has 1 amide bonds. The molecule has 0 spiro atoms. The highest BCUT2D eigenvalue weighted by Gasteiger charge is 2.29. The molecule has 2 aromatic carbocycles. The predicted octanol–water partition coefficient (Wildman–Crippen LogP) is 2.94. The fourth-order valence-electron chi connectivity index (χ4n) is 2.89. The molecule has 0 heterocycles. The highest BCUT2D eigenvalue weighted by Crippen LogP contribution is 2.23. The van der Waals surface area contributed by atoms with Gasteiger partial charge in [0, 0.05) is 6.42 Å². The van der Waals surface area contributed by atoms with E-state index in [2.05, 4.69) is 4.72 Å². The van der Waals surface area contributed by atoms with Gasteiger partial charge < -0.3 is 5.73 Å². The van der Waals surface area contributed by atoms with Gasteiger partial charge in [0.15, 0.2) is 5.79 Å². The zero-order valence-electron chi connectivity index (χ0n) is 15.5. The van der Waals surface area contributed by atoms with Crippen LogP contribution in [-0.4, -0.2) is 25.9 Å². The lowest BCUT2D eigenvalue weighted by molar-refractivity contribution is -0.117. The molecule has 0 saturated carbocycles. The molecule has 1 atom stereocenters. The number of nitrogens with one attached hydrogen (secondary N) is 1. The summed E-state index contributed by atoms with van der Waals surface area (Å²) < 4.78 is 40.3. The fraction of sp³-hybridized carbons (Fsp3) is 0.350. The molecular weight excluding hydrogens is 367 g/mol.